The summed E-state index contributed by atoms with van der Waals surface area (Å²) in [6, 6.07) is 7.75. The number of urea groups is 1. The van der Waals surface area contributed by atoms with Crippen molar-refractivity contribution in [3.05, 3.63) is 35.9 Å². The van der Waals surface area contributed by atoms with E-state index in [1.807, 2.05) is 30.3 Å². The van der Waals surface area contributed by atoms with Crippen LogP contribution in [0.4, 0.5) is 9.59 Å². The Balaban J connectivity index is 2.18. The Bertz CT molecular complexity index is 661. The zero-order valence-electron chi connectivity index (χ0n) is 15.9. The van der Waals surface area contributed by atoms with Crippen molar-refractivity contribution in [2.24, 2.45) is 0 Å². The van der Waals surface area contributed by atoms with Crippen molar-refractivity contribution in [2.45, 2.75) is 31.8 Å². The van der Waals surface area contributed by atoms with Crippen LogP contribution in [0.15, 0.2) is 30.3 Å². The summed E-state index contributed by atoms with van der Waals surface area (Å²) in [5, 5.41) is 21.7. The number of nitrogens with zero attached hydrogens (tertiary/aromatic N) is 2. The van der Waals surface area contributed by atoms with Gasteiger partial charge in [-0.1, -0.05) is 30.3 Å². The molecule has 1 heterocycles. The number of benzene rings is 1. The zero-order valence-corrected chi connectivity index (χ0v) is 15.9. The summed E-state index contributed by atoms with van der Waals surface area (Å²) in [4.78, 5) is 38.5. The minimum absolute atomic E-state index is 0.218. The van der Waals surface area contributed by atoms with E-state index >= 15 is 0 Å². The van der Waals surface area contributed by atoms with Crippen LogP contribution in [-0.4, -0.2) is 77.0 Å². The van der Waals surface area contributed by atoms with Crippen LogP contribution in [0.25, 0.3) is 0 Å². The van der Waals surface area contributed by atoms with Gasteiger partial charge >= 0.3 is 18.1 Å². The molecule has 1 aromatic carbocycles. The molecule has 0 spiro atoms. The molecular weight excluding hydrogens is 366 g/mol. The number of piperidine rings is 1. The lowest BCUT2D eigenvalue weighted by Crippen LogP contribution is -2.54. The van der Waals surface area contributed by atoms with E-state index in [4.69, 9.17) is 9.84 Å². The predicted octanol–water partition coefficient (Wildman–Crippen LogP) is 1.44. The number of hydrogen-bond donors (Lipinski definition) is 3. The van der Waals surface area contributed by atoms with Crippen LogP contribution < -0.4 is 5.32 Å². The first-order chi connectivity index (χ1) is 13.5. The van der Waals surface area contributed by atoms with Crippen LogP contribution in [0.5, 0.6) is 0 Å². The van der Waals surface area contributed by atoms with Crippen LogP contribution in [0.3, 0.4) is 0 Å². The number of carboxylic acid groups (broad SMARTS) is 1. The summed E-state index contributed by atoms with van der Waals surface area (Å²) in [5.74, 6) is -0.545. The summed E-state index contributed by atoms with van der Waals surface area (Å²) < 4.78 is 4.84. The van der Waals surface area contributed by atoms with E-state index < -0.39 is 24.1 Å². The number of esters is 1. The Morgan fingerprint density at radius 3 is 2.43 bits per heavy atom. The smallest absolute Gasteiger partial charge is 0.407 e. The van der Waals surface area contributed by atoms with E-state index in [1.54, 1.807) is 6.92 Å². The fourth-order valence-corrected chi connectivity index (χ4v) is 3.38. The molecule has 1 atom stereocenters. The maximum atomic E-state index is 12.9. The Morgan fingerprint density at radius 2 is 1.89 bits per heavy atom. The quantitative estimate of drug-likeness (QED) is 0.603. The predicted molar refractivity (Wildman–Crippen MR) is 101 cm³/mol. The van der Waals surface area contributed by atoms with Gasteiger partial charge in [0, 0.05) is 19.1 Å². The number of aliphatic hydroxyl groups is 1. The minimum Gasteiger partial charge on any atom is -0.465 e. The number of nitrogens with one attached hydrogen (secondary N) is 1. The highest BCUT2D eigenvalue weighted by Gasteiger charge is 2.34. The zero-order chi connectivity index (χ0) is 20.5. The lowest BCUT2D eigenvalue weighted by Gasteiger charge is -2.41. The van der Waals surface area contributed by atoms with Gasteiger partial charge in [0.1, 0.15) is 6.54 Å². The fraction of sp³-hybridized carbons (Fsp3) is 0.526. The van der Waals surface area contributed by atoms with Gasteiger partial charge in [0.2, 0.25) is 0 Å². The largest absolute Gasteiger partial charge is 0.465 e. The molecule has 1 unspecified atom stereocenters. The molecule has 3 N–H and O–H groups in total. The Labute approximate surface area is 163 Å². The van der Waals surface area contributed by atoms with E-state index in [2.05, 4.69) is 5.32 Å². The van der Waals surface area contributed by atoms with Crippen molar-refractivity contribution in [3.8, 4) is 0 Å². The normalized spacial score (nSPS) is 15.6. The lowest BCUT2D eigenvalue weighted by molar-refractivity contribution is -0.141. The number of carbonyl (C=O) groups excluding carboxylic acids is 2. The third-order valence-electron chi connectivity index (χ3n) is 4.75. The van der Waals surface area contributed by atoms with E-state index in [0.29, 0.717) is 25.9 Å². The van der Waals surface area contributed by atoms with Crippen LogP contribution in [0.1, 0.15) is 31.4 Å². The van der Waals surface area contributed by atoms with Gasteiger partial charge in [0.25, 0.3) is 0 Å². The van der Waals surface area contributed by atoms with Gasteiger partial charge in [0.05, 0.1) is 19.3 Å². The molecule has 0 radical (unpaired) electrons. The van der Waals surface area contributed by atoms with Crippen molar-refractivity contribution < 1.29 is 29.3 Å². The number of aliphatic hydroxyl groups excluding tert-OH is 1. The molecule has 1 aliphatic heterocycles. The van der Waals surface area contributed by atoms with Crippen molar-refractivity contribution >= 4 is 18.1 Å². The Kier molecular flexibility index (Phi) is 8.06. The molecule has 0 saturated carbocycles. The lowest BCUT2D eigenvalue weighted by atomic mass is 9.98. The molecule has 28 heavy (non-hydrogen) atoms. The highest BCUT2D eigenvalue weighted by atomic mass is 16.5. The molecule has 0 aliphatic carbocycles. The Hall–Kier alpha value is -2.81. The van der Waals surface area contributed by atoms with Gasteiger partial charge in [0.15, 0.2) is 0 Å². The first-order valence-corrected chi connectivity index (χ1v) is 9.33. The molecule has 9 nitrogen and oxygen atoms in total. The van der Waals surface area contributed by atoms with Crippen molar-refractivity contribution in [2.75, 3.05) is 32.8 Å². The van der Waals surface area contributed by atoms with Crippen LogP contribution in [0, 0.1) is 0 Å². The molecule has 0 aromatic heterocycles. The van der Waals surface area contributed by atoms with Crippen LogP contribution in [-0.2, 0) is 9.53 Å². The first-order valence-electron chi connectivity index (χ1n) is 9.33. The molecule has 1 aromatic rings. The summed E-state index contributed by atoms with van der Waals surface area (Å²) in [5.41, 5.74) is 0.761. The molecule has 1 fully saturated rings. The SMILES string of the molecule is CCOC(=O)CNC(=O)N(C1CCN(C(=O)O)CC1)C(CO)c1ccccc1. The third-order valence-corrected chi connectivity index (χ3v) is 4.75. The molecule has 0 bridgehead atoms. The summed E-state index contributed by atoms with van der Waals surface area (Å²) in [6.07, 6.45) is -0.0937. The third kappa shape index (κ3) is 5.59. The number of hydrogen-bond acceptors (Lipinski definition) is 5. The van der Waals surface area contributed by atoms with E-state index in [-0.39, 0.29) is 25.8 Å². The highest BCUT2D eigenvalue weighted by molar-refractivity contribution is 5.81. The standard InChI is InChI=1S/C19H27N3O6/c1-2-28-17(24)12-20-18(25)22(15-8-10-21(11-9-15)19(26)27)16(13-23)14-6-4-3-5-7-14/h3-7,15-16,23H,2,8-13H2,1H3,(H,20,25)(H,26,27). The van der Waals surface area contributed by atoms with Crippen molar-refractivity contribution in [1.82, 2.24) is 15.1 Å². The molecule has 2 rings (SSSR count). The number of ether oxygens (including phenoxy) is 1. The molecule has 1 aliphatic rings. The molecule has 3 amide bonds. The fourth-order valence-electron chi connectivity index (χ4n) is 3.38. The average Bonchev–Trinajstić information content (AvgIpc) is 2.71. The van der Waals surface area contributed by atoms with E-state index in [9.17, 15) is 19.5 Å². The van der Waals surface area contributed by atoms with Gasteiger partial charge in [-0.25, -0.2) is 9.59 Å². The number of likely N-dealkylation sites (tertiary alicyclic amines) is 1. The maximum absolute atomic E-state index is 12.9. The second-order valence-corrected chi connectivity index (χ2v) is 6.48. The topological polar surface area (TPSA) is 119 Å². The number of rotatable bonds is 7. The van der Waals surface area contributed by atoms with Gasteiger partial charge < -0.3 is 30.1 Å². The second kappa shape index (κ2) is 10.5. The van der Waals surface area contributed by atoms with E-state index in [0.717, 1.165) is 5.56 Å². The summed E-state index contributed by atoms with van der Waals surface area (Å²) >= 11 is 0. The highest BCUT2D eigenvalue weighted by Crippen LogP contribution is 2.27. The molecule has 9 heteroatoms. The van der Waals surface area contributed by atoms with E-state index in [1.165, 1.54) is 9.80 Å². The summed E-state index contributed by atoms with van der Waals surface area (Å²) in [7, 11) is 0. The number of amides is 3. The monoisotopic (exact) mass is 393 g/mol. The first kappa shape index (κ1) is 21.5. The number of carbonyl (C=O) groups is 3. The van der Waals surface area contributed by atoms with Crippen molar-refractivity contribution in [3.63, 3.8) is 0 Å². The van der Waals surface area contributed by atoms with Gasteiger partial charge in [-0.15, -0.1) is 0 Å². The molecule has 154 valence electrons. The van der Waals surface area contributed by atoms with Gasteiger partial charge in [-0.2, -0.15) is 0 Å². The molecular formula is C19H27N3O6. The van der Waals surface area contributed by atoms with Crippen LogP contribution >= 0.6 is 0 Å². The van der Waals surface area contributed by atoms with Gasteiger partial charge in [-0.3, -0.25) is 4.79 Å². The van der Waals surface area contributed by atoms with Crippen molar-refractivity contribution in [1.29, 1.82) is 0 Å². The molecule has 1 saturated heterocycles. The Morgan fingerprint density at radius 1 is 1.25 bits per heavy atom. The second-order valence-electron chi connectivity index (χ2n) is 6.48. The summed E-state index contributed by atoms with van der Waals surface area (Å²) in [6.45, 7) is 1.93. The van der Waals surface area contributed by atoms with Crippen LogP contribution in [0.2, 0.25) is 0 Å². The van der Waals surface area contributed by atoms with Gasteiger partial charge in [-0.05, 0) is 25.3 Å². The average molecular weight is 393 g/mol. The maximum Gasteiger partial charge on any atom is 0.407 e. The minimum atomic E-state index is -0.987.